The molecule has 38 heavy (non-hydrogen) atoms. The minimum Gasteiger partial charge on any atom is -0.268 e. The van der Waals surface area contributed by atoms with E-state index in [1.54, 1.807) is 35.4 Å². The molecule has 3 aromatic carbocycles. The summed E-state index contributed by atoms with van der Waals surface area (Å²) in [6.45, 7) is 0. The number of carbonyl (C=O) groups is 1. The lowest BCUT2D eigenvalue weighted by molar-refractivity contribution is -0.128. The number of halogens is 4. The highest BCUT2D eigenvalue weighted by molar-refractivity contribution is 7.99. The molecule has 3 aromatic rings. The van der Waals surface area contributed by atoms with Crippen molar-refractivity contribution in [1.29, 1.82) is 0 Å². The van der Waals surface area contributed by atoms with Gasteiger partial charge in [0.15, 0.2) is 0 Å². The maximum absolute atomic E-state index is 13.5. The Hall–Kier alpha value is -2.93. The number of nitrogens with zero attached hydrogens (tertiary/aromatic N) is 2. The van der Waals surface area contributed by atoms with Gasteiger partial charge in [0.05, 0.1) is 11.8 Å². The third-order valence-electron chi connectivity index (χ3n) is 6.67. The minimum absolute atomic E-state index is 0.0616. The fraction of sp³-hybridized carbons (Fsp3) is 0.200. The summed E-state index contributed by atoms with van der Waals surface area (Å²) in [6.07, 6.45) is 8.09. The second-order valence-corrected chi connectivity index (χ2v) is 11.1. The first-order chi connectivity index (χ1) is 18.4. The Labute approximate surface area is 234 Å². The van der Waals surface area contributed by atoms with E-state index in [0.717, 1.165) is 47.2 Å². The Kier molecular flexibility index (Phi) is 8.32. The Bertz CT molecular complexity index is 1390. The van der Waals surface area contributed by atoms with Gasteiger partial charge in [0.25, 0.3) is 11.7 Å². The number of allylic oxidation sites excluding steroid dienone is 1. The molecule has 2 atom stereocenters. The molecule has 0 bridgehead atoms. The minimum atomic E-state index is -2.47. The third kappa shape index (κ3) is 6.20. The topological polar surface area (TPSA) is 32.7 Å². The maximum Gasteiger partial charge on any atom is 0.288 e. The summed E-state index contributed by atoms with van der Waals surface area (Å²) in [4.78, 5) is 14.0. The zero-order valence-electron chi connectivity index (χ0n) is 20.2. The number of thioether (sulfide) groups is 1. The predicted octanol–water partition coefficient (Wildman–Crippen LogP) is 9.14. The molecule has 194 valence electrons. The molecule has 1 aliphatic heterocycles. The van der Waals surface area contributed by atoms with E-state index in [0.29, 0.717) is 26.7 Å². The van der Waals surface area contributed by atoms with Gasteiger partial charge in [-0.1, -0.05) is 71.4 Å². The summed E-state index contributed by atoms with van der Waals surface area (Å²) in [7, 11) is 0. The summed E-state index contributed by atoms with van der Waals surface area (Å²) in [5, 5.41) is 7.76. The van der Waals surface area contributed by atoms with Crippen molar-refractivity contribution in [3.63, 3.8) is 0 Å². The lowest BCUT2D eigenvalue weighted by atomic mass is 9.77. The Morgan fingerprint density at radius 1 is 0.947 bits per heavy atom. The fourth-order valence-electron chi connectivity index (χ4n) is 4.94. The first kappa shape index (κ1) is 26.7. The summed E-state index contributed by atoms with van der Waals surface area (Å²) in [5.74, 6) is -2.66. The normalized spacial score (nSPS) is 20.3. The molecule has 8 heteroatoms. The van der Waals surface area contributed by atoms with Crippen LogP contribution in [0.2, 0.25) is 10.0 Å². The number of hydrogen-bond donors (Lipinski definition) is 0. The predicted molar refractivity (Wildman–Crippen MR) is 153 cm³/mol. The summed E-state index contributed by atoms with van der Waals surface area (Å²) >= 11 is 12.7. The van der Waals surface area contributed by atoms with Crippen molar-refractivity contribution < 1.29 is 13.6 Å². The van der Waals surface area contributed by atoms with Gasteiger partial charge in [-0.25, -0.2) is 5.01 Å². The molecule has 0 radical (unpaired) electrons. The molecule has 0 saturated heterocycles. The van der Waals surface area contributed by atoms with Crippen LogP contribution in [-0.2, 0) is 4.79 Å². The van der Waals surface area contributed by atoms with Crippen molar-refractivity contribution in [1.82, 2.24) is 5.01 Å². The van der Waals surface area contributed by atoms with Crippen molar-refractivity contribution in [2.45, 2.75) is 36.0 Å². The molecule has 2 aliphatic rings. The molecule has 0 N–H and O–H groups in total. The Balaban J connectivity index is 1.45. The van der Waals surface area contributed by atoms with Crippen LogP contribution in [0.5, 0.6) is 0 Å². The molecule has 1 saturated carbocycles. The van der Waals surface area contributed by atoms with E-state index in [-0.39, 0.29) is 17.9 Å². The van der Waals surface area contributed by atoms with Crippen LogP contribution in [0.4, 0.5) is 8.78 Å². The van der Waals surface area contributed by atoms with E-state index in [1.165, 1.54) is 6.08 Å². The largest absolute Gasteiger partial charge is 0.288 e. The lowest BCUT2D eigenvalue weighted by Gasteiger charge is -2.29. The van der Waals surface area contributed by atoms with Gasteiger partial charge in [-0.2, -0.15) is 13.9 Å². The number of fused-ring (bicyclic) bond motifs is 1. The van der Waals surface area contributed by atoms with Crippen LogP contribution in [0, 0.1) is 5.92 Å². The van der Waals surface area contributed by atoms with Gasteiger partial charge in [0.1, 0.15) is 0 Å². The van der Waals surface area contributed by atoms with Crippen molar-refractivity contribution in [2.75, 3.05) is 0 Å². The van der Waals surface area contributed by atoms with Gasteiger partial charge in [-0.15, -0.1) is 0 Å². The molecule has 3 nitrogen and oxygen atoms in total. The molecule has 0 spiro atoms. The average molecular weight is 570 g/mol. The highest BCUT2D eigenvalue weighted by Crippen LogP contribution is 2.44. The Morgan fingerprint density at radius 3 is 2.24 bits per heavy atom. The molecule has 0 aromatic heterocycles. The van der Waals surface area contributed by atoms with Gasteiger partial charge in [-0.3, -0.25) is 4.79 Å². The zero-order chi connectivity index (χ0) is 26.6. The van der Waals surface area contributed by atoms with Gasteiger partial charge >= 0.3 is 0 Å². The Morgan fingerprint density at radius 2 is 1.58 bits per heavy atom. The van der Waals surface area contributed by atoms with Crippen LogP contribution < -0.4 is 0 Å². The van der Waals surface area contributed by atoms with Crippen LogP contribution in [0.25, 0.3) is 12.2 Å². The van der Waals surface area contributed by atoms with Crippen molar-refractivity contribution >= 4 is 58.7 Å². The summed E-state index contributed by atoms with van der Waals surface area (Å²) in [6, 6.07) is 21.7. The van der Waals surface area contributed by atoms with Crippen LogP contribution in [0.3, 0.4) is 0 Å². The van der Waals surface area contributed by atoms with Crippen molar-refractivity contribution in [3.8, 4) is 0 Å². The van der Waals surface area contributed by atoms with E-state index < -0.39 is 5.76 Å². The molecule has 1 fully saturated rings. The molecule has 0 unspecified atom stereocenters. The lowest BCUT2D eigenvalue weighted by Crippen LogP contribution is -2.30. The van der Waals surface area contributed by atoms with Gasteiger partial charge in [0, 0.05) is 26.9 Å². The maximum atomic E-state index is 13.5. The monoisotopic (exact) mass is 568 g/mol. The number of hydrogen-bond acceptors (Lipinski definition) is 3. The van der Waals surface area contributed by atoms with Crippen LogP contribution in [0.1, 0.15) is 42.0 Å². The molecule has 5 rings (SSSR count). The van der Waals surface area contributed by atoms with Crippen LogP contribution >= 0.6 is 35.0 Å². The number of hydrazone groups is 1. The highest BCUT2D eigenvalue weighted by atomic mass is 35.5. The second kappa shape index (κ2) is 11.9. The van der Waals surface area contributed by atoms with Crippen LogP contribution in [0.15, 0.2) is 94.4 Å². The molecular weight excluding hydrogens is 545 g/mol. The second-order valence-electron chi connectivity index (χ2n) is 9.17. The number of carbonyl (C=O) groups excluding carboxylic acids is 1. The standard InChI is InChI=1S/C30H24Cl2F2N2OS/c31-23-11-4-20(5-12-23)18-22-2-1-3-26-28(22)35-36(29(26)21-9-13-24(32)14-10-21)27(37)17-8-19-6-15-25(16-7-19)38-30(33)34/h4-18,26,29-30H,1-3H2/b17-8-,22-18-/t26-,29+/m0/s1. The summed E-state index contributed by atoms with van der Waals surface area (Å²) < 4.78 is 25.2. The zero-order valence-corrected chi connectivity index (χ0v) is 22.6. The molecule has 1 heterocycles. The van der Waals surface area contributed by atoms with Crippen molar-refractivity contribution in [2.24, 2.45) is 11.0 Å². The molecule has 1 aliphatic carbocycles. The van der Waals surface area contributed by atoms with E-state index >= 15 is 0 Å². The van der Waals surface area contributed by atoms with Gasteiger partial charge in [0.2, 0.25) is 0 Å². The van der Waals surface area contributed by atoms with Gasteiger partial charge < -0.3 is 0 Å². The first-order valence-corrected chi connectivity index (χ1v) is 13.9. The van der Waals surface area contributed by atoms with Gasteiger partial charge in [-0.05, 0) is 90.1 Å². The van der Waals surface area contributed by atoms with E-state index in [2.05, 4.69) is 6.08 Å². The number of rotatable bonds is 6. The van der Waals surface area contributed by atoms with E-state index in [9.17, 15) is 13.6 Å². The third-order valence-corrected chi connectivity index (χ3v) is 7.90. The van der Waals surface area contributed by atoms with Crippen LogP contribution in [-0.4, -0.2) is 22.4 Å². The fourth-order valence-corrected chi connectivity index (χ4v) is 5.69. The average Bonchev–Trinajstić information content (AvgIpc) is 3.30. The number of benzene rings is 3. The number of alkyl halides is 2. The SMILES string of the molecule is O=C(/C=C\c1ccc(SC(F)F)cc1)N1N=C2/C(=C\c3ccc(Cl)cc3)CCC[C@@H]2[C@H]1c1ccc(Cl)cc1. The quantitative estimate of drug-likeness (QED) is 0.219. The van der Waals surface area contributed by atoms with E-state index in [4.69, 9.17) is 28.3 Å². The molecule has 1 amide bonds. The number of amides is 1. The first-order valence-electron chi connectivity index (χ1n) is 12.2. The highest BCUT2D eigenvalue weighted by Gasteiger charge is 2.43. The smallest absolute Gasteiger partial charge is 0.268 e. The van der Waals surface area contributed by atoms with Crippen molar-refractivity contribution in [3.05, 3.63) is 111 Å². The molecular formula is C30H24Cl2F2N2OS. The summed E-state index contributed by atoms with van der Waals surface area (Å²) in [5.41, 5.74) is 4.80. The van der Waals surface area contributed by atoms with E-state index in [1.807, 2.05) is 48.5 Å².